The van der Waals surface area contributed by atoms with Crippen LogP contribution in [0.1, 0.15) is 26.7 Å². The van der Waals surface area contributed by atoms with Gasteiger partial charge in [0, 0.05) is 31.7 Å². The van der Waals surface area contributed by atoms with E-state index < -0.39 is 12.6 Å². The molecule has 2 nitrogen and oxygen atoms in total. The maximum atomic E-state index is 12.1. The Morgan fingerprint density at radius 2 is 2.07 bits per heavy atom. The summed E-state index contributed by atoms with van der Waals surface area (Å²) in [4.78, 5) is 1.95. The average Bonchev–Trinajstić information content (AvgIpc) is 2.14. The number of halogens is 3. The van der Waals surface area contributed by atoms with Crippen LogP contribution in [0.15, 0.2) is 0 Å². The molecular formula is C10H19F3N2. The minimum absolute atomic E-state index is 0.133. The van der Waals surface area contributed by atoms with Crippen LogP contribution in [0.5, 0.6) is 0 Å². The highest BCUT2D eigenvalue weighted by Gasteiger charge is 2.31. The van der Waals surface area contributed by atoms with Gasteiger partial charge >= 0.3 is 6.18 Å². The third-order valence-electron chi connectivity index (χ3n) is 2.88. The van der Waals surface area contributed by atoms with Crippen molar-refractivity contribution in [3.05, 3.63) is 0 Å². The molecule has 1 aliphatic rings. The summed E-state index contributed by atoms with van der Waals surface area (Å²) in [5.74, 6) is 0. The van der Waals surface area contributed by atoms with Crippen molar-refractivity contribution in [3.63, 3.8) is 0 Å². The lowest BCUT2D eigenvalue weighted by Gasteiger charge is -2.39. The van der Waals surface area contributed by atoms with E-state index in [1.165, 1.54) is 0 Å². The van der Waals surface area contributed by atoms with Crippen LogP contribution < -0.4 is 5.32 Å². The first-order valence-corrected chi connectivity index (χ1v) is 5.46. The fourth-order valence-corrected chi connectivity index (χ4v) is 1.98. The normalized spacial score (nSPS) is 29.4. The number of hydrogen-bond acceptors (Lipinski definition) is 2. The van der Waals surface area contributed by atoms with Crippen LogP contribution in [0.2, 0.25) is 0 Å². The molecule has 1 heterocycles. The molecule has 0 aromatic carbocycles. The molecule has 1 aliphatic heterocycles. The van der Waals surface area contributed by atoms with Crippen LogP contribution in [-0.2, 0) is 0 Å². The molecule has 0 amide bonds. The number of hydrogen-bond donors (Lipinski definition) is 1. The maximum Gasteiger partial charge on any atom is 0.390 e. The highest BCUT2D eigenvalue weighted by molar-refractivity contribution is 4.83. The van der Waals surface area contributed by atoms with E-state index in [1.54, 1.807) is 0 Å². The first kappa shape index (κ1) is 12.8. The topological polar surface area (TPSA) is 15.3 Å². The molecule has 90 valence electrons. The molecule has 1 fully saturated rings. The summed E-state index contributed by atoms with van der Waals surface area (Å²) in [5, 5.41) is 3.29. The molecule has 2 atom stereocenters. The van der Waals surface area contributed by atoms with Crippen molar-refractivity contribution < 1.29 is 13.2 Å². The van der Waals surface area contributed by atoms with Gasteiger partial charge in [-0.25, -0.2) is 0 Å². The van der Waals surface area contributed by atoms with Crippen molar-refractivity contribution >= 4 is 0 Å². The molecule has 1 N–H and O–H groups in total. The SMILES string of the molecule is CCC1CNC(C)CN1CCC(F)(F)F. The first-order chi connectivity index (χ1) is 6.92. The van der Waals surface area contributed by atoms with Gasteiger partial charge in [0.15, 0.2) is 0 Å². The molecule has 0 aliphatic carbocycles. The van der Waals surface area contributed by atoms with Crippen molar-refractivity contribution in [2.45, 2.75) is 44.9 Å². The van der Waals surface area contributed by atoms with E-state index in [9.17, 15) is 13.2 Å². The van der Waals surface area contributed by atoms with Gasteiger partial charge in [-0.2, -0.15) is 13.2 Å². The molecular weight excluding hydrogens is 205 g/mol. The molecule has 0 bridgehead atoms. The Bertz CT molecular complexity index is 194. The van der Waals surface area contributed by atoms with Gasteiger partial charge in [-0.3, -0.25) is 4.90 Å². The highest BCUT2D eigenvalue weighted by atomic mass is 19.4. The van der Waals surface area contributed by atoms with E-state index in [2.05, 4.69) is 5.32 Å². The van der Waals surface area contributed by atoms with Crippen LogP contribution in [0, 0.1) is 0 Å². The van der Waals surface area contributed by atoms with E-state index >= 15 is 0 Å². The molecule has 0 saturated carbocycles. The zero-order valence-electron chi connectivity index (χ0n) is 9.27. The Labute approximate surface area is 88.8 Å². The molecule has 1 saturated heterocycles. The van der Waals surface area contributed by atoms with Gasteiger partial charge < -0.3 is 5.32 Å². The predicted molar refractivity (Wildman–Crippen MR) is 53.8 cm³/mol. The van der Waals surface area contributed by atoms with Crippen LogP contribution in [0.4, 0.5) is 13.2 Å². The zero-order valence-corrected chi connectivity index (χ0v) is 9.27. The van der Waals surface area contributed by atoms with Crippen molar-refractivity contribution in [1.29, 1.82) is 0 Å². The minimum atomic E-state index is -4.04. The van der Waals surface area contributed by atoms with Crippen LogP contribution in [0.3, 0.4) is 0 Å². The number of alkyl halides is 3. The van der Waals surface area contributed by atoms with E-state index in [4.69, 9.17) is 0 Å². The molecule has 2 unspecified atom stereocenters. The Kier molecular flexibility index (Phi) is 4.40. The standard InChI is InChI=1S/C10H19F3N2/c1-3-9-6-14-8(2)7-15(9)5-4-10(11,12)13/h8-9,14H,3-7H2,1-2H3. The van der Waals surface area contributed by atoms with E-state index in [-0.39, 0.29) is 12.6 Å². The number of nitrogens with zero attached hydrogens (tertiary/aromatic N) is 1. The monoisotopic (exact) mass is 224 g/mol. The van der Waals surface area contributed by atoms with Crippen molar-refractivity contribution in [1.82, 2.24) is 10.2 Å². The first-order valence-electron chi connectivity index (χ1n) is 5.46. The Balaban J connectivity index is 2.42. The fourth-order valence-electron chi connectivity index (χ4n) is 1.98. The van der Waals surface area contributed by atoms with Crippen molar-refractivity contribution in [2.24, 2.45) is 0 Å². The Hall–Kier alpha value is -0.290. The second kappa shape index (κ2) is 5.16. The average molecular weight is 224 g/mol. The molecule has 0 aromatic heterocycles. The Morgan fingerprint density at radius 1 is 1.40 bits per heavy atom. The zero-order chi connectivity index (χ0) is 11.5. The summed E-state index contributed by atoms with van der Waals surface area (Å²) >= 11 is 0. The van der Waals surface area contributed by atoms with Crippen molar-refractivity contribution in [2.75, 3.05) is 19.6 Å². The second-order valence-corrected chi connectivity index (χ2v) is 4.23. The summed E-state index contributed by atoms with van der Waals surface area (Å²) in [6.07, 6.45) is -3.83. The molecule has 0 radical (unpaired) electrons. The van der Waals surface area contributed by atoms with Gasteiger partial charge in [0.25, 0.3) is 0 Å². The lowest BCUT2D eigenvalue weighted by atomic mass is 10.1. The van der Waals surface area contributed by atoms with Gasteiger partial charge in [-0.05, 0) is 13.3 Å². The lowest BCUT2D eigenvalue weighted by Crippen LogP contribution is -2.55. The predicted octanol–water partition coefficient (Wildman–Crippen LogP) is 2.01. The highest BCUT2D eigenvalue weighted by Crippen LogP contribution is 2.21. The summed E-state index contributed by atoms with van der Waals surface area (Å²) < 4.78 is 36.3. The van der Waals surface area contributed by atoms with E-state index in [0.29, 0.717) is 12.6 Å². The van der Waals surface area contributed by atoms with Crippen LogP contribution >= 0.6 is 0 Å². The quantitative estimate of drug-likeness (QED) is 0.789. The molecule has 1 rings (SSSR count). The summed E-state index contributed by atoms with van der Waals surface area (Å²) in [5.41, 5.74) is 0. The molecule has 5 heteroatoms. The largest absolute Gasteiger partial charge is 0.390 e. The van der Waals surface area contributed by atoms with Gasteiger partial charge in [0.2, 0.25) is 0 Å². The van der Waals surface area contributed by atoms with E-state index in [0.717, 1.165) is 13.0 Å². The maximum absolute atomic E-state index is 12.1. The Morgan fingerprint density at radius 3 is 2.60 bits per heavy atom. The third-order valence-corrected chi connectivity index (χ3v) is 2.88. The smallest absolute Gasteiger partial charge is 0.311 e. The number of piperazine rings is 1. The molecule has 0 spiro atoms. The van der Waals surface area contributed by atoms with Crippen LogP contribution in [0.25, 0.3) is 0 Å². The second-order valence-electron chi connectivity index (χ2n) is 4.23. The fraction of sp³-hybridized carbons (Fsp3) is 1.00. The van der Waals surface area contributed by atoms with Gasteiger partial charge in [-0.15, -0.1) is 0 Å². The minimum Gasteiger partial charge on any atom is -0.311 e. The number of nitrogens with one attached hydrogen (secondary N) is 1. The lowest BCUT2D eigenvalue weighted by molar-refractivity contribution is -0.140. The van der Waals surface area contributed by atoms with E-state index in [1.807, 2.05) is 18.7 Å². The summed E-state index contributed by atoms with van der Waals surface area (Å²) in [6, 6.07) is 0.546. The number of rotatable bonds is 3. The van der Waals surface area contributed by atoms with Gasteiger partial charge in [0.1, 0.15) is 0 Å². The molecule has 0 aromatic rings. The summed E-state index contributed by atoms with van der Waals surface area (Å²) in [7, 11) is 0. The van der Waals surface area contributed by atoms with Gasteiger partial charge in [-0.1, -0.05) is 6.92 Å². The molecule has 15 heavy (non-hydrogen) atoms. The van der Waals surface area contributed by atoms with Gasteiger partial charge in [0.05, 0.1) is 6.42 Å². The third kappa shape index (κ3) is 4.38. The summed E-state index contributed by atoms with van der Waals surface area (Å²) in [6.45, 7) is 5.67. The van der Waals surface area contributed by atoms with Crippen LogP contribution in [-0.4, -0.2) is 42.8 Å². The van der Waals surface area contributed by atoms with Crippen molar-refractivity contribution in [3.8, 4) is 0 Å².